The molecule has 6 nitrogen and oxygen atoms in total. The Bertz CT molecular complexity index is 688. The van der Waals surface area contributed by atoms with E-state index in [0.29, 0.717) is 5.02 Å². The monoisotopic (exact) mass is 292 g/mol. The number of aromatic carboxylic acids is 1. The van der Waals surface area contributed by atoms with Crippen LogP contribution in [0.4, 0.5) is 0 Å². The van der Waals surface area contributed by atoms with Gasteiger partial charge in [0.2, 0.25) is 0 Å². The average molecular weight is 293 g/mol. The second-order valence-electron chi connectivity index (χ2n) is 3.79. The van der Waals surface area contributed by atoms with Gasteiger partial charge in [-0.25, -0.2) is 4.79 Å². The number of hydrogen-bond acceptors (Lipinski definition) is 4. The number of pyridine rings is 1. The van der Waals surface area contributed by atoms with Gasteiger partial charge < -0.3 is 15.6 Å². The van der Waals surface area contributed by atoms with Crippen molar-refractivity contribution in [2.24, 2.45) is 5.73 Å². The van der Waals surface area contributed by atoms with Gasteiger partial charge in [-0.2, -0.15) is 0 Å². The Morgan fingerprint density at radius 3 is 2.65 bits per heavy atom. The van der Waals surface area contributed by atoms with Crippen molar-refractivity contribution in [3.05, 3.63) is 52.8 Å². The van der Waals surface area contributed by atoms with Crippen LogP contribution in [-0.4, -0.2) is 22.0 Å². The lowest BCUT2D eigenvalue weighted by Crippen LogP contribution is -2.12. The summed E-state index contributed by atoms with van der Waals surface area (Å²) in [6.45, 7) is 0. The Morgan fingerprint density at radius 2 is 2.00 bits per heavy atom. The van der Waals surface area contributed by atoms with E-state index in [-0.39, 0.29) is 22.8 Å². The number of nitrogens with two attached hydrogens (primary N) is 1. The molecule has 2 aromatic rings. The van der Waals surface area contributed by atoms with Crippen molar-refractivity contribution in [2.45, 2.75) is 0 Å². The van der Waals surface area contributed by atoms with Crippen molar-refractivity contribution in [3.63, 3.8) is 0 Å². The summed E-state index contributed by atoms with van der Waals surface area (Å²) in [6, 6.07) is 6.93. The molecule has 1 aromatic carbocycles. The molecule has 0 unspecified atom stereocenters. The maximum Gasteiger partial charge on any atom is 0.339 e. The maximum absolute atomic E-state index is 11.1. The molecule has 0 aliphatic heterocycles. The molecule has 1 heterocycles. The molecular formula is C13H9ClN2O4. The number of ether oxygens (including phenoxy) is 1. The lowest BCUT2D eigenvalue weighted by atomic mass is 10.2. The highest BCUT2D eigenvalue weighted by atomic mass is 35.5. The van der Waals surface area contributed by atoms with E-state index in [2.05, 4.69) is 4.98 Å². The predicted octanol–water partition coefficient (Wildman–Crippen LogP) is 2.32. The van der Waals surface area contributed by atoms with E-state index in [1.165, 1.54) is 36.5 Å². The Balaban J connectivity index is 2.39. The van der Waals surface area contributed by atoms with Crippen LogP contribution in [0.3, 0.4) is 0 Å². The number of rotatable bonds is 4. The Hall–Kier alpha value is -2.60. The topological polar surface area (TPSA) is 103 Å². The summed E-state index contributed by atoms with van der Waals surface area (Å²) in [5.41, 5.74) is 5.07. The van der Waals surface area contributed by atoms with Crippen LogP contribution in [0.5, 0.6) is 11.5 Å². The number of halogens is 1. The van der Waals surface area contributed by atoms with E-state index in [4.69, 9.17) is 27.2 Å². The Labute approximate surface area is 118 Å². The predicted molar refractivity (Wildman–Crippen MR) is 71.2 cm³/mol. The fraction of sp³-hybridized carbons (Fsp3) is 0. The molecule has 0 aliphatic rings. The third-order valence-corrected chi connectivity index (χ3v) is 2.62. The second kappa shape index (κ2) is 5.58. The minimum atomic E-state index is -1.15. The number of carboxylic acid groups (broad SMARTS) is 1. The number of nitrogens with zero attached hydrogens (tertiary/aromatic N) is 1. The normalized spacial score (nSPS) is 10.1. The molecule has 0 saturated heterocycles. The molecule has 0 atom stereocenters. The summed E-state index contributed by atoms with van der Waals surface area (Å²) in [4.78, 5) is 25.9. The van der Waals surface area contributed by atoms with Crippen molar-refractivity contribution in [2.75, 3.05) is 0 Å². The smallest absolute Gasteiger partial charge is 0.339 e. The molecule has 0 spiro atoms. The van der Waals surface area contributed by atoms with Crippen LogP contribution in [0.25, 0.3) is 0 Å². The van der Waals surface area contributed by atoms with E-state index >= 15 is 0 Å². The van der Waals surface area contributed by atoms with E-state index in [9.17, 15) is 9.59 Å². The third-order valence-electron chi connectivity index (χ3n) is 2.39. The highest BCUT2D eigenvalue weighted by molar-refractivity contribution is 6.30. The first-order chi connectivity index (χ1) is 9.47. The number of carbonyl (C=O) groups excluding carboxylic acids is 1. The van der Waals surface area contributed by atoms with Gasteiger partial charge in [-0.05, 0) is 18.2 Å². The summed E-state index contributed by atoms with van der Waals surface area (Å²) in [5, 5.41) is 9.40. The van der Waals surface area contributed by atoms with Gasteiger partial charge in [0.05, 0.1) is 0 Å². The number of hydrogen-bond donors (Lipinski definition) is 2. The van der Waals surface area contributed by atoms with Crippen LogP contribution in [0.2, 0.25) is 5.02 Å². The number of amides is 1. The summed E-state index contributed by atoms with van der Waals surface area (Å²) >= 11 is 5.81. The summed E-state index contributed by atoms with van der Waals surface area (Å²) < 4.78 is 5.43. The minimum absolute atomic E-state index is 0.0152. The molecule has 0 aliphatic carbocycles. The van der Waals surface area contributed by atoms with Gasteiger partial charge in [-0.1, -0.05) is 11.6 Å². The van der Waals surface area contributed by atoms with Gasteiger partial charge >= 0.3 is 5.97 Å². The molecule has 102 valence electrons. The largest absolute Gasteiger partial charge is 0.478 e. The van der Waals surface area contributed by atoms with Gasteiger partial charge in [0.25, 0.3) is 5.91 Å². The first-order valence-corrected chi connectivity index (χ1v) is 5.81. The van der Waals surface area contributed by atoms with Crippen molar-refractivity contribution < 1.29 is 19.4 Å². The molecule has 2 rings (SSSR count). The molecule has 0 saturated carbocycles. The number of aromatic nitrogens is 1. The molecule has 0 bridgehead atoms. The van der Waals surface area contributed by atoms with Crippen molar-refractivity contribution >= 4 is 23.5 Å². The van der Waals surface area contributed by atoms with E-state index in [0.717, 1.165) is 0 Å². The van der Waals surface area contributed by atoms with Crippen molar-refractivity contribution in [1.82, 2.24) is 4.98 Å². The zero-order valence-corrected chi connectivity index (χ0v) is 10.8. The molecule has 1 amide bonds. The Kier molecular flexibility index (Phi) is 3.86. The lowest BCUT2D eigenvalue weighted by Gasteiger charge is -2.09. The van der Waals surface area contributed by atoms with E-state index < -0.39 is 11.9 Å². The third kappa shape index (κ3) is 3.04. The maximum atomic E-state index is 11.1. The zero-order chi connectivity index (χ0) is 14.7. The molecule has 7 heteroatoms. The molecule has 0 radical (unpaired) electrons. The standard InChI is InChI=1S/C13H9ClN2O4/c14-7-1-2-9(13(18)19)11(5-7)20-8-3-4-16-10(6-8)12(15)17/h1-6H,(H2,15,17)(H,18,19). The summed E-state index contributed by atoms with van der Waals surface area (Å²) in [6.07, 6.45) is 1.33. The van der Waals surface area contributed by atoms with E-state index in [1.807, 2.05) is 0 Å². The number of benzene rings is 1. The van der Waals surface area contributed by atoms with Gasteiger partial charge in [0.1, 0.15) is 22.8 Å². The molecule has 20 heavy (non-hydrogen) atoms. The van der Waals surface area contributed by atoms with Crippen LogP contribution in [0.1, 0.15) is 20.8 Å². The average Bonchev–Trinajstić information content (AvgIpc) is 2.38. The Morgan fingerprint density at radius 1 is 1.25 bits per heavy atom. The highest BCUT2D eigenvalue weighted by Gasteiger charge is 2.13. The molecule has 0 fully saturated rings. The lowest BCUT2D eigenvalue weighted by molar-refractivity contribution is 0.0694. The fourth-order valence-electron chi connectivity index (χ4n) is 1.49. The quantitative estimate of drug-likeness (QED) is 0.900. The minimum Gasteiger partial charge on any atom is -0.478 e. The fourth-order valence-corrected chi connectivity index (χ4v) is 1.66. The van der Waals surface area contributed by atoms with Crippen LogP contribution < -0.4 is 10.5 Å². The first kappa shape index (κ1) is 13.8. The van der Waals surface area contributed by atoms with Crippen LogP contribution in [0, 0.1) is 0 Å². The molecule has 1 aromatic heterocycles. The van der Waals surface area contributed by atoms with Crippen molar-refractivity contribution in [3.8, 4) is 11.5 Å². The van der Waals surface area contributed by atoms with Crippen LogP contribution in [0.15, 0.2) is 36.5 Å². The van der Waals surface area contributed by atoms with Gasteiger partial charge in [-0.15, -0.1) is 0 Å². The molecule has 3 N–H and O–H groups in total. The second-order valence-corrected chi connectivity index (χ2v) is 4.23. The zero-order valence-electron chi connectivity index (χ0n) is 10.0. The SMILES string of the molecule is NC(=O)c1cc(Oc2cc(Cl)ccc2C(=O)O)ccn1. The highest BCUT2D eigenvalue weighted by Crippen LogP contribution is 2.28. The number of primary amides is 1. The number of carbonyl (C=O) groups is 2. The number of carboxylic acids is 1. The first-order valence-electron chi connectivity index (χ1n) is 5.44. The summed E-state index contributed by atoms with van der Waals surface area (Å²) in [5.74, 6) is -1.56. The van der Waals surface area contributed by atoms with Gasteiger partial charge in [-0.3, -0.25) is 9.78 Å². The van der Waals surface area contributed by atoms with Crippen molar-refractivity contribution in [1.29, 1.82) is 0 Å². The summed E-state index contributed by atoms with van der Waals surface area (Å²) in [7, 11) is 0. The van der Waals surface area contributed by atoms with Gasteiger partial charge in [0.15, 0.2) is 0 Å². The van der Waals surface area contributed by atoms with Gasteiger partial charge in [0, 0.05) is 23.4 Å². The molecular weight excluding hydrogens is 284 g/mol. The van der Waals surface area contributed by atoms with E-state index in [1.54, 1.807) is 0 Å². The van der Waals surface area contributed by atoms with Crippen LogP contribution in [-0.2, 0) is 0 Å². The van der Waals surface area contributed by atoms with Crippen LogP contribution >= 0.6 is 11.6 Å².